The van der Waals surface area contributed by atoms with Crippen molar-refractivity contribution in [2.45, 2.75) is 0 Å². The molecule has 2 nitrogen and oxygen atoms in total. The molecule has 0 radical (unpaired) electrons. The number of hydrogen-bond donors (Lipinski definition) is 0. The highest BCUT2D eigenvalue weighted by atomic mass is 32.2. The van der Waals surface area contributed by atoms with E-state index in [2.05, 4.69) is 0 Å². The van der Waals surface area contributed by atoms with Gasteiger partial charge in [-0.2, -0.15) is 0 Å². The second kappa shape index (κ2) is 3.68. The first-order chi connectivity index (χ1) is 6.36. The molecule has 0 spiro atoms. The molecule has 1 atom stereocenters. The minimum atomic E-state index is -1.04. The van der Waals surface area contributed by atoms with Gasteiger partial charge in [0.25, 0.3) is 0 Å². The maximum absolute atomic E-state index is 11.1. The molecule has 1 aromatic carbocycles. The van der Waals surface area contributed by atoms with Crippen LogP contribution in [0.1, 0.15) is 5.56 Å². The first-order valence-corrected chi connectivity index (χ1v) is 5.14. The topological polar surface area (TPSA) is 32.3 Å². The summed E-state index contributed by atoms with van der Waals surface area (Å²) in [6, 6.07) is 9.60. The molecule has 1 unspecified atom stereocenters. The van der Waals surface area contributed by atoms with Crippen LogP contribution in [0.3, 0.4) is 0 Å². The van der Waals surface area contributed by atoms with Crippen LogP contribution in [0, 0.1) is 0 Å². The van der Waals surface area contributed by atoms with Crippen molar-refractivity contribution in [3.63, 3.8) is 0 Å². The lowest BCUT2D eigenvalue weighted by atomic mass is 10.2. The number of ether oxygens (including phenoxy) is 1. The van der Waals surface area contributed by atoms with Gasteiger partial charge in [-0.15, -0.1) is 0 Å². The molecule has 0 amide bonds. The molecule has 0 saturated carbocycles. The van der Waals surface area contributed by atoms with Crippen molar-refractivity contribution in [3.05, 3.63) is 53.0 Å². The fraction of sp³-hybridized carbons (Fsp3) is 0. The van der Waals surface area contributed by atoms with Gasteiger partial charge in [-0.3, -0.25) is 0 Å². The molecular weight excluding hydrogens is 184 g/mol. The fourth-order valence-corrected chi connectivity index (χ4v) is 1.71. The van der Waals surface area contributed by atoms with E-state index >= 15 is 0 Å². The van der Waals surface area contributed by atoms with Crippen molar-refractivity contribution in [2.75, 3.05) is 0 Å². The van der Waals surface area contributed by atoms with Crippen LogP contribution in [0.2, 0.25) is 0 Å². The lowest BCUT2D eigenvalue weighted by Crippen LogP contribution is -1.99. The van der Waals surface area contributed by atoms with E-state index in [0.717, 1.165) is 5.56 Å². The van der Waals surface area contributed by atoms with Gasteiger partial charge in [0.2, 0.25) is 0 Å². The molecule has 3 heteroatoms. The minimum Gasteiger partial charge on any atom is -0.607 e. The predicted molar refractivity (Wildman–Crippen MR) is 52.8 cm³/mol. The fourth-order valence-electron chi connectivity index (χ4n) is 1.07. The van der Waals surface area contributed by atoms with E-state index in [1.54, 1.807) is 5.41 Å². The standard InChI is InChI=1S/C10H8O2S/c11-13-7-6-12-10(8-13)9-4-2-1-3-5-9/h1-8H. The second-order valence-corrected chi connectivity index (χ2v) is 3.73. The van der Waals surface area contributed by atoms with Crippen LogP contribution in [-0.2, 0) is 15.9 Å². The Morgan fingerprint density at radius 3 is 2.62 bits per heavy atom. The minimum absolute atomic E-state index is 0.654. The summed E-state index contributed by atoms with van der Waals surface area (Å²) in [5.74, 6) is 0.654. The molecule has 66 valence electrons. The third kappa shape index (κ3) is 1.94. The summed E-state index contributed by atoms with van der Waals surface area (Å²) in [5, 5.41) is 3.10. The SMILES string of the molecule is [O-][S+]1C=COC(c2ccccc2)=C1. The van der Waals surface area contributed by atoms with Crippen LogP contribution < -0.4 is 0 Å². The zero-order valence-electron chi connectivity index (χ0n) is 6.84. The molecule has 2 rings (SSSR count). The third-order valence-electron chi connectivity index (χ3n) is 1.67. The van der Waals surface area contributed by atoms with Gasteiger partial charge in [0.15, 0.2) is 16.6 Å². The summed E-state index contributed by atoms with van der Waals surface area (Å²) in [7, 11) is 0. The Morgan fingerprint density at radius 1 is 1.15 bits per heavy atom. The van der Waals surface area contributed by atoms with Crippen molar-refractivity contribution in [2.24, 2.45) is 0 Å². The van der Waals surface area contributed by atoms with Crippen LogP contribution in [-0.4, -0.2) is 4.55 Å². The van der Waals surface area contributed by atoms with Crippen LogP contribution in [0.15, 0.2) is 47.4 Å². The maximum atomic E-state index is 11.1. The van der Waals surface area contributed by atoms with E-state index in [1.807, 2.05) is 30.3 Å². The Morgan fingerprint density at radius 2 is 1.92 bits per heavy atom. The molecular formula is C10H8O2S. The predicted octanol–water partition coefficient (Wildman–Crippen LogP) is 2.24. The first-order valence-electron chi connectivity index (χ1n) is 3.86. The Balaban J connectivity index is 2.28. The summed E-state index contributed by atoms with van der Waals surface area (Å²) in [4.78, 5) is 0. The Hall–Kier alpha value is -1.19. The van der Waals surface area contributed by atoms with Crippen LogP contribution in [0.5, 0.6) is 0 Å². The van der Waals surface area contributed by atoms with E-state index in [0.29, 0.717) is 5.76 Å². The normalized spacial score (nSPS) is 20.7. The molecule has 0 aromatic heterocycles. The number of rotatable bonds is 1. The lowest BCUT2D eigenvalue weighted by Gasteiger charge is -2.10. The van der Waals surface area contributed by atoms with E-state index in [-0.39, 0.29) is 0 Å². The van der Waals surface area contributed by atoms with E-state index in [9.17, 15) is 4.55 Å². The molecule has 0 aliphatic carbocycles. The summed E-state index contributed by atoms with van der Waals surface area (Å²) in [6.45, 7) is 0. The Bertz CT molecular complexity index is 343. The highest BCUT2D eigenvalue weighted by molar-refractivity contribution is 7.97. The average molecular weight is 192 g/mol. The molecule has 1 heterocycles. The van der Waals surface area contributed by atoms with Crippen molar-refractivity contribution in [1.82, 2.24) is 0 Å². The highest BCUT2D eigenvalue weighted by Crippen LogP contribution is 2.21. The van der Waals surface area contributed by atoms with Gasteiger partial charge < -0.3 is 9.29 Å². The van der Waals surface area contributed by atoms with Gasteiger partial charge >= 0.3 is 0 Å². The zero-order chi connectivity index (χ0) is 9.10. The molecule has 1 aliphatic rings. The molecule has 1 aliphatic heterocycles. The first kappa shape index (κ1) is 8.41. The summed E-state index contributed by atoms with van der Waals surface area (Å²) in [6.07, 6.45) is 1.46. The van der Waals surface area contributed by atoms with Gasteiger partial charge in [0, 0.05) is 16.7 Å². The number of benzene rings is 1. The highest BCUT2D eigenvalue weighted by Gasteiger charge is 2.11. The van der Waals surface area contributed by atoms with Crippen molar-refractivity contribution >= 4 is 16.9 Å². The Kier molecular flexibility index (Phi) is 2.38. The van der Waals surface area contributed by atoms with Gasteiger partial charge in [0.1, 0.15) is 6.26 Å². The lowest BCUT2D eigenvalue weighted by molar-refractivity contribution is 0.435. The smallest absolute Gasteiger partial charge is 0.181 e. The van der Waals surface area contributed by atoms with E-state index in [1.165, 1.54) is 11.7 Å². The van der Waals surface area contributed by atoms with E-state index in [4.69, 9.17) is 4.74 Å². The second-order valence-electron chi connectivity index (χ2n) is 2.57. The van der Waals surface area contributed by atoms with Gasteiger partial charge in [0.05, 0.1) is 0 Å². The van der Waals surface area contributed by atoms with Crippen molar-refractivity contribution in [1.29, 1.82) is 0 Å². The van der Waals surface area contributed by atoms with Gasteiger partial charge in [-0.05, 0) is 0 Å². The summed E-state index contributed by atoms with van der Waals surface area (Å²) >= 11 is -1.04. The third-order valence-corrected chi connectivity index (χ3v) is 2.49. The number of hydrogen-bond acceptors (Lipinski definition) is 2. The quantitative estimate of drug-likeness (QED) is 0.639. The molecule has 13 heavy (non-hydrogen) atoms. The van der Waals surface area contributed by atoms with Crippen LogP contribution >= 0.6 is 0 Å². The van der Waals surface area contributed by atoms with Crippen molar-refractivity contribution in [3.8, 4) is 0 Å². The van der Waals surface area contributed by atoms with Crippen LogP contribution in [0.25, 0.3) is 5.76 Å². The summed E-state index contributed by atoms with van der Waals surface area (Å²) < 4.78 is 16.3. The van der Waals surface area contributed by atoms with Crippen LogP contribution in [0.4, 0.5) is 0 Å². The molecule has 0 bridgehead atoms. The maximum Gasteiger partial charge on any atom is 0.181 e. The summed E-state index contributed by atoms with van der Waals surface area (Å²) in [5.41, 5.74) is 0.945. The average Bonchev–Trinajstić information content (AvgIpc) is 2.19. The molecule has 0 saturated heterocycles. The molecule has 1 aromatic rings. The van der Waals surface area contributed by atoms with Crippen molar-refractivity contribution < 1.29 is 9.29 Å². The molecule has 0 fully saturated rings. The monoisotopic (exact) mass is 192 g/mol. The zero-order valence-corrected chi connectivity index (χ0v) is 7.66. The molecule has 0 N–H and O–H groups in total. The van der Waals surface area contributed by atoms with Gasteiger partial charge in [-0.25, -0.2) is 0 Å². The van der Waals surface area contributed by atoms with E-state index < -0.39 is 11.2 Å². The Labute approximate surface area is 79.7 Å². The largest absolute Gasteiger partial charge is 0.607 e. The van der Waals surface area contributed by atoms with Gasteiger partial charge in [-0.1, -0.05) is 30.3 Å².